The van der Waals surface area contributed by atoms with Crippen LogP contribution in [0.2, 0.25) is 0 Å². The molecule has 0 saturated carbocycles. The molecule has 4 aromatic carbocycles. The van der Waals surface area contributed by atoms with E-state index in [4.69, 9.17) is 3.97 Å². The van der Waals surface area contributed by atoms with Crippen molar-refractivity contribution in [2.75, 3.05) is 6.16 Å². The fraction of sp³-hybridized carbons (Fsp3) is 0.676. The molecular weight excluding hydrogens is 1000 g/mol. The van der Waals surface area contributed by atoms with E-state index in [9.17, 15) is 0 Å². The van der Waals surface area contributed by atoms with Crippen LogP contribution in [0.3, 0.4) is 0 Å². The Morgan fingerprint density at radius 2 is 0.544 bits per heavy atom. The van der Waals surface area contributed by atoms with Gasteiger partial charge in [-0.15, -0.1) is 0 Å². The van der Waals surface area contributed by atoms with Gasteiger partial charge in [-0.05, 0) is 0 Å². The van der Waals surface area contributed by atoms with Crippen molar-refractivity contribution < 1.29 is 12.4 Å². The predicted octanol–water partition coefficient (Wildman–Crippen LogP) is 22.9. The quantitative estimate of drug-likeness (QED) is 0.0327. The van der Waals surface area contributed by atoms with Crippen LogP contribution in [0, 0.1) is 0 Å². The molecule has 0 amide bonds. The van der Waals surface area contributed by atoms with E-state index >= 15 is 8.42 Å². The summed E-state index contributed by atoms with van der Waals surface area (Å²) in [5, 5.41) is 2.84. The van der Waals surface area contributed by atoms with Gasteiger partial charge in [-0.3, -0.25) is 0 Å². The molecule has 0 aliphatic heterocycles. The Morgan fingerprint density at radius 1 is 0.291 bits per heavy atom. The summed E-state index contributed by atoms with van der Waals surface area (Å²) < 4.78 is 39.6. The second-order valence-electron chi connectivity index (χ2n) is 24.3. The normalized spacial score (nSPS) is 12.5. The Kier molecular flexibility index (Phi) is 37.4. The molecule has 0 aromatic heterocycles. The van der Waals surface area contributed by atoms with Gasteiger partial charge < -0.3 is 0 Å². The van der Waals surface area contributed by atoms with E-state index in [1.807, 2.05) is 24.3 Å². The molecule has 0 radical (unpaired) electrons. The van der Waals surface area contributed by atoms with E-state index in [2.05, 4.69) is 107 Å². The third-order valence-electron chi connectivity index (χ3n) is 17.9. The number of hydrogen-bond donors (Lipinski definition) is 0. The van der Waals surface area contributed by atoms with E-state index < -0.39 is 16.9 Å². The van der Waals surface area contributed by atoms with Crippen molar-refractivity contribution in [3.05, 3.63) is 120 Å². The minimum atomic E-state index is -4.32. The summed E-state index contributed by atoms with van der Waals surface area (Å²) >= 11 is 0. The molecule has 446 valence electrons. The molecule has 0 unspecified atom stereocenters. The van der Waals surface area contributed by atoms with Gasteiger partial charge in [0.05, 0.1) is 0 Å². The van der Waals surface area contributed by atoms with Crippen molar-refractivity contribution >= 4 is 32.9 Å². The van der Waals surface area contributed by atoms with Gasteiger partial charge in [0.15, 0.2) is 0 Å². The zero-order chi connectivity index (χ0) is 56.2. The summed E-state index contributed by atoms with van der Waals surface area (Å²) in [4.78, 5) is 0.414. The maximum atomic E-state index is 16.1. The van der Waals surface area contributed by atoms with Gasteiger partial charge in [-0.2, -0.15) is 0 Å². The first-order valence-corrected chi connectivity index (χ1v) is 37.9. The second kappa shape index (κ2) is 43.0. The molecule has 0 aliphatic rings. The van der Waals surface area contributed by atoms with Crippen molar-refractivity contribution in [2.45, 2.75) is 322 Å². The molecular formula is C74H121O3PS. The molecule has 0 N–H and O–H groups in total. The van der Waals surface area contributed by atoms with E-state index in [1.165, 1.54) is 255 Å². The smallest absolute Gasteiger partial charge is 0.0654 e. The first kappa shape index (κ1) is 68.7. The third kappa shape index (κ3) is 24.9. The van der Waals surface area contributed by atoms with Gasteiger partial charge in [0, 0.05) is 0 Å². The Hall–Kier alpha value is -2.78. The van der Waals surface area contributed by atoms with Crippen LogP contribution in [0.5, 0.6) is 0 Å². The minimum Gasteiger partial charge on any atom is -0.0654 e. The summed E-state index contributed by atoms with van der Waals surface area (Å²) in [6.45, 7) is 4.92. The molecule has 4 aromatic rings. The van der Waals surface area contributed by atoms with Crippen LogP contribution in [-0.2, 0) is 33.4 Å². The minimum absolute atomic E-state index is 0.414. The second-order valence-corrected chi connectivity index (χ2v) is 30.8. The predicted molar refractivity (Wildman–Crippen MR) is 352 cm³/mol. The summed E-state index contributed by atoms with van der Waals surface area (Å²) in [5.41, 5.74) is 3.76. The number of hydrogen-bond acceptors (Lipinski definition) is 3. The van der Waals surface area contributed by atoms with Crippen LogP contribution in [0.4, 0.5) is 0 Å². The standard InChI is InChI=1S/C74H121O3PS/c1-5-9-12-15-18-21-24-27-30-33-36-39-42-48-57-68-66-67-74(79(75,76)77-78(8-4,69-58-49-45-50-59-69,70-60-51-46-52-61-70)71-62-53-47-54-63-71)73(65-56-44-41-38-35-32-29-26-23-20-17-14-11-7-3)72(68)64-55-43-40-37-34-31-28-25-22-19-16-13-10-6-2/h45-47,49-54,58-63,66-67H,5-44,48,55-57,64-65H2,1-4H3. The Balaban J connectivity index is 1.59. The van der Waals surface area contributed by atoms with Crippen LogP contribution in [0.1, 0.15) is 314 Å². The monoisotopic (exact) mass is 1120 g/mol. The summed E-state index contributed by atoms with van der Waals surface area (Å²) in [5.74, 6) is 0. The summed E-state index contributed by atoms with van der Waals surface area (Å²) in [6, 6.07) is 35.3. The first-order valence-electron chi connectivity index (χ1n) is 34.2. The molecule has 0 heterocycles. The van der Waals surface area contributed by atoms with Crippen molar-refractivity contribution in [1.29, 1.82) is 0 Å². The fourth-order valence-corrected chi connectivity index (χ4v) is 21.6. The molecule has 79 heavy (non-hydrogen) atoms. The first-order chi connectivity index (χ1) is 38.9. The van der Waals surface area contributed by atoms with Crippen molar-refractivity contribution in [1.82, 2.24) is 0 Å². The van der Waals surface area contributed by atoms with Crippen LogP contribution >= 0.6 is 6.83 Å². The van der Waals surface area contributed by atoms with E-state index in [0.29, 0.717) is 11.1 Å². The zero-order valence-electron chi connectivity index (χ0n) is 51.9. The molecule has 0 fully saturated rings. The van der Waals surface area contributed by atoms with Crippen LogP contribution < -0.4 is 15.9 Å². The fourth-order valence-electron chi connectivity index (χ4n) is 12.9. The molecule has 5 heteroatoms. The van der Waals surface area contributed by atoms with Gasteiger partial charge in [0.25, 0.3) is 0 Å². The third-order valence-corrected chi connectivity index (χ3v) is 26.3. The summed E-state index contributed by atoms with van der Waals surface area (Å²) in [7, 11) is -4.32. The number of unbranched alkanes of at least 4 members (excludes halogenated alkanes) is 39. The van der Waals surface area contributed by atoms with Crippen molar-refractivity contribution in [2.24, 2.45) is 0 Å². The average molecular weight is 1120 g/mol. The van der Waals surface area contributed by atoms with Gasteiger partial charge in [-0.1, -0.05) is 175 Å². The SMILES string of the molecule is CCCCCCCCCCCCCCCCc1ccc(S(=O)(=O)OP(CC)(c2ccccc2)(c2ccccc2)c2ccccc2)c(CCCCCCCCCCCCCCCC)c1CCCCCCCCCCCCCCCC. The van der Waals surface area contributed by atoms with E-state index in [0.717, 1.165) is 66.4 Å². The molecule has 0 spiro atoms. The van der Waals surface area contributed by atoms with Crippen LogP contribution in [0.25, 0.3) is 0 Å². The Labute approximate surface area is 490 Å². The zero-order valence-corrected chi connectivity index (χ0v) is 53.6. The van der Waals surface area contributed by atoms with E-state index in [-0.39, 0.29) is 0 Å². The Bertz CT molecular complexity index is 2070. The van der Waals surface area contributed by atoms with Gasteiger partial charge in [0.1, 0.15) is 0 Å². The van der Waals surface area contributed by atoms with Crippen molar-refractivity contribution in [3.63, 3.8) is 0 Å². The molecule has 3 nitrogen and oxygen atoms in total. The summed E-state index contributed by atoms with van der Waals surface area (Å²) in [6.07, 6.45) is 59.2. The van der Waals surface area contributed by atoms with Gasteiger partial charge in [0.2, 0.25) is 0 Å². The van der Waals surface area contributed by atoms with Crippen LogP contribution in [-0.4, -0.2) is 14.6 Å². The number of benzene rings is 4. The topological polar surface area (TPSA) is 43.4 Å². The average Bonchev–Trinajstić information content (AvgIpc) is 3.65. The molecule has 0 saturated heterocycles. The van der Waals surface area contributed by atoms with Crippen LogP contribution in [0.15, 0.2) is 108 Å². The Morgan fingerprint density at radius 3 is 0.823 bits per heavy atom. The van der Waals surface area contributed by atoms with E-state index in [1.54, 1.807) is 0 Å². The van der Waals surface area contributed by atoms with Gasteiger partial charge in [-0.25, -0.2) is 0 Å². The number of aryl methyl sites for hydroxylation is 1. The number of rotatable bonds is 52. The molecule has 0 atom stereocenters. The maximum absolute atomic E-state index is 16.1. The molecule has 0 aliphatic carbocycles. The molecule has 0 bridgehead atoms. The van der Waals surface area contributed by atoms with Gasteiger partial charge >= 0.3 is 318 Å². The van der Waals surface area contributed by atoms with Crippen molar-refractivity contribution in [3.8, 4) is 0 Å². The molecule has 4 rings (SSSR count).